The van der Waals surface area contributed by atoms with Gasteiger partial charge >= 0.3 is 0 Å². The fourth-order valence-corrected chi connectivity index (χ4v) is 2.89. The number of para-hydroxylation sites is 2. The highest BCUT2D eigenvalue weighted by atomic mass is 79.9. The predicted octanol–water partition coefficient (Wildman–Crippen LogP) is 3.82. The van der Waals surface area contributed by atoms with Gasteiger partial charge in [0, 0.05) is 10.2 Å². The van der Waals surface area contributed by atoms with Crippen molar-refractivity contribution in [2.24, 2.45) is 5.41 Å². The van der Waals surface area contributed by atoms with Crippen LogP contribution in [-0.4, -0.2) is 18.9 Å². The number of carbonyl (C=O) groups excluding carboxylic acids is 2. The first-order valence-corrected chi connectivity index (χ1v) is 8.36. The average molecular weight is 389 g/mol. The number of halogens is 1. The number of amides is 2. The molecule has 1 saturated carbocycles. The zero-order chi connectivity index (χ0) is 17.2. The number of ether oxygens (including phenoxy) is 1. The van der Waals surface area contributed by atoms with Crippen molar-refractivity contribution in [1.29, 1.82) is 0 Å². The molecule has 2 aromatic carbocycles. The zero-order valence-corrected chi connectivity index (χ0v) is 14.7. The van der Waals surface area contributed by atoms with Crippen LogP contribution in [0.3, 0.4) is 0 Å². The largest absolute Gasteiger partial charge is 0.495 e. The highest BCUT2D eigenvalue weighted by Gasteiger charge is 2.56. The fourth-order valence-electron chi connectivity index (χ4n) is 2.49. The maximum Gasteiger partial charge on any atom is 0.240 e. The van der Waals surface area contributed by atoms with Gasteiger partial charge in [-0.2, -0.15) is 0 Å². The summed E-state index contributed by atoms with van der Waals surface area (Å²) in [5.74, 6) is -0.0263. The van der Waals surface area contributed by atoms with Crippen LogP contribution in [0.5, 0.6) is 5.75 Å². The lowest BCUT2D eigenvalue weighted by molar-refractivity contribution is -0.131. The van der Waals surface area contributed by atoms with Gasteiger partial charge in [-0.05, 0) is 43.2 Å². The maximum atomic E-state index is 12.6. The van der Waals surface area contributed by atoms with E-state index in [1.165, 1.54) is 7.11 Å². The zero-order valence-electron chi connectivity index (χ0n) is 13.1. The minimum absolute atomic E-state index is 0.284. The Morgan fingerprint density at radius 1 is 1.04 bits per heavy atom. The molecule has 6 heteroatoms. The number of rotatable bonds is 5. The van der Waals surface area contributed by atoms with E-state index < -0.39 is 5.41 Å². The van der Waals surface area contributed by atoms with Crippen LogP contribution in [-0.2, 0) is 9.59 Å². The van der Waals surface area contributed by atoms with Crippen molar-refractivity contribution < 1.29 is 14.3 Å². The Morgan fingerprint density at radius 3 is 2.42 bits per heavy atom. The van der Waals surface area contributed by atoms with Gasteiger partial charge in [-0.25, -0.2) is 0 Å². The first-order valence-electron chi connectivity index (χ1n) is 7.57. The smallest absolute Gasteiger partial charge is 0.240 e. The van der Waals surface area contributed by atoms with E-state index in [1.807, 2.05) is 18.2 Å². The van der Waals surface area contributed by atoms with E-state index in [4.69, 9.17) is 4.74 Å². The van der Waals surface area contributed by atoms with Gasteiger partial charge in [0.1, 0.15) is 11.2 Å². The molecule has 0 bridgehead atoms. The predicted molar refractivity (Wildman–Crippen MR) is 96.1 cm³/mol. The molecule has 0 saturated heterocycles. The monoisotopic (exact) mass is 388 g/mol. The molecule has 0 aromatic heterocycles. The van der Waals surface area contributed by atoms with Gasteiger partial charge in [0.25, 0.3) is 0 Å². The van der Waals surface area contributed by atoms with Crippen molar-refractivity contribution in [2.75, 3.05) is 17.7 Å². The number of benzene rings is 2. The van der Waals surface area contributed by atoms with Gasteiger partial charge in [-0.15, -0.1) is 0 Å². The summed E-state index contributed by atoms with van der Waals surface area (Å²) >= 11 is 3.36. The molecule has 0 heterocycles. The summed E-state index contributed by atoms with van der Waals surface area (Å²) in [6, 6.07) is 14.4. The van der Waals surface area contributed by atoms with Crippen LogP contribution in [0.15, 0.2) is 53.0 Å². The number of carbonyl (C=O) groups is 2. The molecule has 0 radical (unpaired) electrons. The molecule has 5 nitrogen and oxygen atoms in total. The third-order valence-electron chi connectivity index (χ3n) is 4.06. The summed E-state index contributed by atoms with van der Waals surface area (Å²) < 4.78 is 6.09. The standard InChI is InChI=1S/C18H17BrN2O3/c1-24-15-8-3-2-7-14(15)21-17(23)18(9-10-18)16(22)20-13-6-4-5-12(19)11-13/h2-8,11H,9-10H2,1H3,(H,20,22)(H,21,23). The molecule has 3 rings (SSSR count). The lowest BCUT2D eigenvalue weighted by Gasteiger charge is -2.17. The highest BCUT2D eigenvalue weighted by Crippen LogP contribution is 2.48. The van der Waals surface area contributed by atoms with Gasteiger partial charge in [-0.1, -0.05) is 34.1 Å². The van der Waals surface area contributed by atoms with Gasteiger partial charge in [0.2, 0.25) is 11.8 Å². The van der Waals surface area contributed by atoms with Gasteiger partial charge < -0.3 is 15.4 Å². The molecular formula is C18H17BrN2O3. The molecule has 0 aliphatic heterocycles. The van der Waals surface area contributed by atoms with Crippen molar-refractivity contribution in [3.05, 3.63) is 53.0 Å². The van der Waals surface area contributed by atoms with Crippen molar-refractivity contribution in [3.8, 4) is 5.75 Å². The van der Waals surface area contributed by atoms with Crippen LogP contribution in [0, 0.1) is 5.41 Å². The van der Waals surface area contributed by atoms with Crippen LogP contribution in [0.2, 0.25) is 0 Å². The van der Waals surface area contributed by atoms with Crippen LogP contribution in [0.25, 0.3) is 0 Å². The number of anilines is 2. The summed E-state index contributed by atoms with van der Waals surface area (Å²) in [5, 5.41) is 5.63. The van der Waals surface area contributed by atoms with E-state index in [1.54, 1.807) is 30.3 Å². The molecule has 1 aliphatic carbocycles. The van der Waals surface area contributed by atoms with Gasteiger partial charge in [0.05, 0.1) is 12.8 Å². The van der Waals surface area contributed by atoms with E-state index in [0.717, 1.165) is 4.47 Å². The van der Waals surface area contributed by atoms with Crippen LogP contribution >= 0.6 is 15.9 Å². The highest BCUT2D eigenvalue weighted by molar-refractivity contribution is 9.10. The third kappa shape index (κ3) is 3.28. The SMILES string of the molecule is COc1ccccc1NC(=O)C1(C(=O)Nc2cccc(Br)c2)CC1. The molecule has 2 aromatic rings. The average Bonchev–Trinajstić information content (AvgIpc) is 3.37. The Balaban J connectivity index is 1.73. The van der Waals surface area contributed by atoms with E-state index in [9.17, 15) is 9.59 Å². The normalized spacial score (nSPS) is 14.6. The van der Waals surface area contributed by atoms with Crippen molar-refractivity contribution >= 4 is 39.1 Å². The molecule has 124 valence electrons. The number of hydrogen-bond donors (Lipinski definition) is 2. The molecule has 1 fully saturated rings. The molecule has 24 heavy (non-hydrogen) atoms. The summed E-state index contributed by atoms with van der Waals surface area (Å²) in [5.41, 5.74) is 0.209. The number of nitrogens with one attached hydrogen (secondary N) is 2. The lowest BCUT2D eigenvalue weighted by Crippen LogP contribution is -2.35. The van der Waals surface area contributed by atoms with Gasteiger partial charge in [-0.3, -0.25) is 9.59 Å². The van der Waals surface area contributed by atoms with Crippen molar-refractivity contribution in [1.82, 2.24) is 0 Å². The van der Waals surface area contributed by atoms with E-state index in [0.29, 0.717) is 30.0 Å². The van der Waals surface area contributed by atoms with Gasteiger partial charge in [0.15, 0.2) is 0 Å². The van der Waals surface area contributed by atoms with Crippen molar-refractivity contribution in [2.45, 2.75) is 12.8 Å². The minimum atomic E-state index is -1.01. The molecule has 0 spiro atoms. The lowest BCUT2D eigenvalue weighted by atomic mass is 10.0. The number of methoxy groups -OCH3 is 1. The summed E-state index contributed by atoms with van der Waals surface area (Å²) in [6.07, 6.45) is 1.07. The van der Waals surface area contributed by atoms with E-state index >= 15 is 0 Å². The first-order chi connectivity index (χ1) is 11.5. The third-order valence-corrected chi connectivity index (χ3v) is 4.55. The maximum absolute atomic E-state index is 12.6. The second-order valence-corrected chi connectivity index (χ2v) is 6.62. The number of hydrogen-bond acceptors (Lipinski definition) is 3. The van der Waals surface area contributed by atoms with Crippen LogP contribution in [0.1, 0.15) is 12.8 Å². The Bertz CT molecular complexity index is 787. The molecule has 2 amide bonds. The summed E-state index contributed by atoms with van der Waals surface area (Å²) in [4.78, 5) is 25.2. The minimum Gasteiger partial charge on any atom is -0.495 e. The summed E-state index contributed by atoms with van der Waals surface area (Å²) in [6.45, 7) is 0. The topological polar surface area (TPSA) is 67.4 Å². The molecular weight excluding hydrogens is 372 g/mol. The van der Waals surface area contributed by atoms with Crippen LogP contribution < -0.4 is 15.4 Å². The molecule has 0 atom stereocenters. The Labute approximate surface area is 148 Å². The fraction of sp³-hybridized carbons (Fsp3) is 0.222. The first kappa shape index (κ1) is 16.5. The van der Waals surface area contributed by atoms with E-state index in [-0.39, 0.29) is 11.8 Å². The quantitative estimate of drug-likeness (QED) is 0.765. The second-order valence-electron chi connectivity index (χ2n) is 5.70. The van der Waals surface area contributed by atoms with Crippen molar-refractivity contribution in [3.63, 3.8) is 0 Å². The molecule has 0 unspecified atom stereocenters. The second kappa shape index (κ2) is 6.65. The Morgan fingerprint density at radius 2 is 1.75 bits per heavy atom. The Hall–Kier alpha value is -2.34. The molecule has 2 N–H and O–H groups in total. The molecule has 1 aliphatic rings. The van der Waals surface area contributed by atoms with Crippen LogP contribution in [0.4, 0.5) is 11.4 Å². The van der Waals surface area contributed by atoms with E-state index in [2.05, 4.69) is 26.6 Å². The Kier molecular flexibility index (Phi) is 4.57. The summed E-state index contributed by atoms with van der Waals surface area (Å²) in [7, 11) is 1.54.